The largest absolute Gasteiger partial charge is 0.503 e. The molecule has 2 aromatic rings. The van der Waals surface area contributed by atoms with Crippen molar-refractivity contribution in [2.45, 2.75) is 43.7 Å². The summed E-state index contributed by atoms with van der Waals surface area (Å²) in [6.07, 6.45) is 1.90. The zero-order chi connectivity index (χ0) is 38.0. The third kappa shape index (κ3) is 8.15. The highest BCUT2D eigenvalue weighted by molar-refractivity contribution is 8.00. The molecule has 5 rings (SSSR count). The first-order valence-corrected chi connectivity index (χ1v) is 18.7. The quantitative estimate of drug-likeness (QED) is 0.0476. The summed E-state index contributed by atoms with van der Waals surface area (Å²) in [5, 5.41) is 43.7. The molecule has 1 aromatic heterocycles. The van der Waals surface area contributed by atoms with Crippen LogP contribution in [0.5, 0.6) is 11.5 Å². The highest BCUT2D eigenvalue weighted by Gasteiger charge is 2.55. The third-order valence-electron chi connectivity index (χ3n) is 8.86. The van der Waals surface area contributed by atoms with Gasteiger partial charge in [-0.05, 0) is 38.2 Å². The summed E-state index contributed by atoms with van der Waals surface area (Å²) in [4.78, 5) is 61.5. The van der Waals surface area contributed by atoms with Crippen LogP contribution in [0.3, 0.4) is 0 Å². The van der Waals surface area contributed by atoms with Crippen molar-refractivity contribution in [2.24, 2.45) is 5.16 Å². The third-order valence-corrected chi connectivity index (χ3v) is 11.5. The zero-order valence-corrected chi connectivity index (χ0v) is 31.5. The molecule has 8 N–H and O–H groups in total. The number of aromatic nitrogens is 1. The lowest BCUT2D eigenvalue weighted by atomic mass is 10.0. The molecular weight excluding hydrogens is 760 g/mol. The highest BCUT2D eigenvalue weighted by atomic mass is 35.5. The Hall–Kier alpha value is -4.37. The van der Waals surface area contributed by atoms with Crippen molar-refractivity contribution >= 4 is 92.3 Å². The number of likely N-dealkylation sites (tertiary alicyclic amines) is 1. The lowest BCUT2D eigenvalue weighted by Gasteiger charge is -2.50. The number of ether oxygens (including phenoxy) is 1. The van der Waals surface area contributed by atoms with Crippen LogP contribution in [0.4, 0.5) is 10.8 Å². The number of carboxylic acid groups (broad SMARTS) is 2. The molecule has 0 unspecified atom stereocenters. The van der Waals surface area contributed by atoms with Crippen LogP contribution in [-0.2, 0) is 24.0 Å². The number of halogens is 1. The number of benzene rings is 1. The Morgan fingerprint density at radius 2 is 1.96 bits per heavy atom. The Balaban J connectivity index is 1.26. The first-order chi connectivity index (χ1) is 24.6. The normalized spacial score (nSPS) is 19.7. The van der Waals surface area contributed by atoms with Gasteiger partial charge < -0.3 is 51.1 Å². The number of aromatic hydroxyl groups is 1. The molecule has 3 aliphatic heterocycles. The molecule has 2 saturated heterocycles. The number of thiazole rings is 1. The Labute approximate surface area is 316 Å². The number of β-lactam (4-membered cyclic amide) rings is 1. The molecule has 17 nitrogen and oxygen atoms in total. The molecule has 280 valence electrons. The number of aliphatic carboxylic acids is 2. The van der Waals surface area contributed by atoms with Crippen molar-refractivity contribution in [1.29, 1.82) is 0 Å². The van der Waals surface area contributed by atoms with Crippen LogP contribution < -0.4 is 26.4 Å². The number of hydrogen-bond donors (Lipinski definition) is 7. The number of carboxylic acids is 2. The Morgan fingerprint density at radius 1 is 1.25 bits per heavy atom. The number of amides is 2. The summed E-state index contributed by atoms with van der Waals surface area (Å²) in [5.41, 5.74) is 4.49. The van der Waals surface area contributed by atoms with Crippen LogP contribution in [0.15, 0.2) is 33.9 Å². The number of oxime groups is 1. The number of nitrogens with one attached hydrogen (secondary N) is 3. The smallest absolute Gasteiger partial charge is 0.352 e. The second-order valence-electron chi connectivity index (χ2n) is 12.8. The number of phenols is 1. The fourth-order valence-electron chi connectivity index (χ4n) is 6.07. The van der Waals surface area contributed by atoms with E-state index < -0.39 is 46.5 Å². The topological polar surface area (TPSA) is 238 Å². The van der Waals surface area contributed by atoms with Crippen LogP contribution in [0, 0.1) is 0 Å². The second-order valence-corrected chi connectivity index (χ2v) is 15.6. The molecule has 0 bridgehead atoms. The number of anilines is 2. The molecule has 2 fully saturated rings. The van der Waals surface area contributed by atoms with Gasteiger partial charge in [0.2, 0.25) is 5.60 Å². The molecule has 0 aliphatic carbocycles. The number of thioether (sulfide) groups is 1. The molecule has 1 aromatic carbocycles. The number of fused-ring (bicyclic) bond motifs is 1. The number of nitrogens with two attached hydrogens (primary N) is 1. The standard InChI is InChI=1S/C31H37ClN8O9S3/c1-31(2,28(46)47)49-38-20(17-14-52-29(33)35-17)24(42)37-21-25(43)39-22(27(44)45)15(13-51-26(21)39)12-40(9-4-5-10-40)11-8-34-30(50)36-16-6-7-18(48-3)23(41)19(16)32/h6-7,14,21,26H,4-5,8-13H2,1-3H3,(H7-,33,34,35,36,37,41,42,44,45,46,47,50)/p+1/b38-20-/t21-,26-/m1/s1. The number of thiocarbonyl (C=S) groups is 1. The maximum Gasteiger partial charge on any atom is 0.352 e. The van der Waals surface area contributed by atoms with Crippen LogP contribution in [-0.4, -0.2) is 127 Å². The van der Waals surface area contributed by atoms with Gasteiger partial charge in [0.15, 0.2) is 27.5 Å². The summed E-state index contributed by atoms with van der Waals surface area (Å²) in [6, 6.07) is 2.10. The average Bonchev–Trinajstić information content (AvgIpc) is 3.74. The number of hydrogen-bond acceptors (Lipinski definition) is 13. The summed E-state index contributed by atoms with van der Waals surface area (Å²) in [5.74, 6) is -3.73. The van der Waals surface area contributed by atoms with Gasteiger partial charge in [0.25, 0.3) is 11.8 Å². The molecule has 0 spiro atoms. The van der Waals surface area contributed by atoms with E-state index in [2.05, 4.69) is 26.1 Å². The molecule has 4 heterocycles. The predicted molar refractivity (Wildman–Crippen MR) is 198 cm³/mol. The van der Waals surface area contributed by atoms with E-state index in [1.807, 2.05) is 0 Å². The molecule has 3 aliphatic rings. The number of nitrogens with zero attached hydrogens (tertiary/aromatic N) is 4. The summed E-state index contributed by atoms with van der Waals surface area (Å²) in [6.45, 7) is 5.58. The minimum atomic E-state index is -1.78. The van der Waals surface area contributed by atoms with Crippen LogP contribution in [0.25, 0.3) is 0 Å². The number of nitrogen functional groups attached to an aromatic ring is 1. The van der Waals surface area contributed by atoms with Gasteiger partial charge in [-0.2, -0.15) is 0 Å². The van der Waals surface area contributed by atoms with Crippen molar-refractivity contribution in [1.82, 2.24) is 20.5 Å². The van der Waals surface area contributed by atoms with E-state index in [9.17, 15) is 34.5 Å². The van der Waals surface area contributed by atoms with E-state index in [-0.39, 0.29) is 38.2 Å². The van der Waals surface area contributed by atoms with Gasteiger partial charge >= 0.3 is 11.9 Å². The fraction of sp³-hybridized carbons (Fsp3) is 0.452. The van der Waals surface area contributed by atoms with Crippen molar-refractivity contribution in [2.75, 3.05) is 56.6 Å². The van der Waals surface area contributed by atoms with Crippen molar-refractivity contribution in [3.63, 3.8) is 0 Å². The van der Waals surface area contributed by atoms with E-state index in [0.717, 1.165) is 37.3 Å². The minimum absolute atomic E-state index is 0.0176. The predicted octanol–water partition coefficient (Wildman–Crippen LogP) is 2.01. The number of quaternary nitrogens is 1. The van der Waals surface area contributed by atoms with Gasteiger partial charge in [-0.25, -0.2) is 14.6 Å². The number of rotatable bonds is 14. The second kappa shape index (κ2) is 15.7. The van der Waals surface area contributed by atoms with E-state index in [0.29, 0.717) is 41.1 Å². The van der Waals surface area contributed by atoms with Gasteiger partial charge in [-0.15, -0.1) is 23.1 Å². The van der Waals surface area contributed by atoms with Crippen molar-refractivity contribution < 1.29 is 48.6 Å². The van der Waals surface area contributed by atoms with E-state index in [1.54, 1.807) is 12.1 Å². The fourth-order valence-corrected chi connectivity index (χ4v) is 8.37. The number of carbonyl (C=O) groups is 4. The summed E-state index contributed by atoms with van der Waals surface area (Å²) >= 11 is 14.1. The maximum atomic E-state index is 13.5. The van der Waals surface area contributed by atoms with E-state index >= 15 is 0 Å². The van der Waals surface area contributed by atoms with Crippen LogP contribution >= 0.6 is 46.9 Å². The molecular formula is C31H38ClN8O9S3+. The average molecular weight is 798 g/mol. The number of carbonyl (C=O) groups excluding carboxylic acids is 2. The molecule has 52 heavy (non-hydrogen) atoms. The Morgan fingerprint density at radius 3 is 2.58 bits per heavy atom. The molecule has 0 radical (unpaired) electrons. The van der Waals surface area contributed by atoms with Gasteiger partial charge in [0.1, 0.15) is 34.4 Å². The van der Waals surface area contributed by atoms with Gasteiger partial charge in [-0.1, -0.05) is 16.8 Å². The summed E-state index contributed by atoms with van der Waals surface area (Å²) < 4.78 is 5.66. The zero-order valence-electron chi connectivity index (χ0n) is 28.3. The first kappa shape index (κ1) is 38.9. The number of phenolic OH excluding ortho intramolecular Hbond substituents is 1. The van der Waals surface area contributed by atoms with Gasteiger partial charge in [0.05, 0.1) is 39.0 Å². The van der Waals surface area contributed by atoms with Crippen LogP contribution in [0.2, 0.25) is 5.02 Å². The lowest BCUT2D eigenvalue weighted by Crippen LogP contribution is -2.71. The van der Waals surface area contributed by atoms with Crippen molar-refractivity contribution in [3.05, 3.63) is 39.5 Å². The molecule has 2 amide bonds. The Kier molecular flexibility index (Phi) is 11.7. The summed E-state index contributed by atoms with van der Waals surface area (Å²) in [7, 11) is 1.42. The van der Waals surface area contributed by atoms with Gasteiger partial charge in [0, 0.05) is 29.5 Å². The molecule has 21 heteroatoms. The highest BCUT2D eigenvalue weighted by Crippen LogP contribution is 2.42. The first-order valence-electron chi connectivity index (χ1n) is 15.9. The SMILES string of the molecule is COc1ccc(NC(=S)NCC[N+]2(CC3=C(C(=O)O)N4C(=O)[C@@H](NC(=O)/C(=N\OC(C)(C)C(=O)O)c5csc(N)n5)[C@H]4SC3)CCCC2)c(Cl)c1O. The molecule has 2 atom stereocenters. The van der Waals surface area contributed by atoms with Crippen molar-refractivity contribution in [3.8, 4) is 11.5 Å². The monoisotopic (exact) mass is 797 g/mol. The minimum Gasteiger partial charge on any atom is -0.503 e. The van der Waals surface area contributed by atoms with E-state index in [4.69, 9.17) is 39.1 Å². The van der Waals surface area contributed by atoms with E-state index in [1.165, 1.54) is 43.0 Å². The van der Waals surface area contributed by atoms with Crippen LogP contribution in [0.1, 0.15) is 32.4 Å². The van der Waals surface area contributed by atoms with Gasteiger partial charge in [-0.3, -0.25) is 14.5 Å². The Bertz CT molecular complexity index is 1850. The maximum absolute atomic E-state index is 13.5. The molecule has 0 saturated carbocycles. The number of methoxy groups -OCH3 is 1. The lowest BCUT2D eigenvalue weighted by molar-refractivity contribution is -0.911.